The van der Waals surface area contributed by atoms with Gasteiger partial charge in [0.25, 0.3) is 0 Å². The maximum absolute atomic E-state index is 13.7. The van der Waals surface area contributed by atoms with E-state index >= 15 is 0 Å². The van der Waals surface area contributed by atoms with E-state index in [2.05, 4.69) is 39.3 Å². The summed E-state index contributed by atoms with van der Waals surface area (Å²) in [5.74, 6) is -1.29. The summed E-state index contributed by atoms with van der Waals surface area (Å²) in [6.45, 7) is 21.6. The number of methoxy groups -OCH3 is 1. The van der Waals surface area contributed by atoms with Crippen LogP contribution in [0.3, 0.4) is 0 Å². The summed E-state index contributed by atoms with van der Waals surface area (Å²) in [6, 6.07) is 14.1. The molecule has 12 heteroatoms. The Morgan fingerprint density at radius 2 is 1.57 bits per heavy atom. The average molecular weight is 771 g/mol. The molecule has 2 aromatic carbocycles. The van der Waals surface area contributed by atoms with Crippen LogP contribution in [0.25, 0.3) is 6.08 Å². The Morgan fingerprint density at radius 1 is 0.906 bits per heavy atom. The number of carbonyl (C=O) groups excluding carboxylic acids is 2. The topological polar surface area (TPSA) is 119 Å². The number of aliphatic hydroxyl groups is 1. The van der Waals surface area contributed by atoms with Gasteiger partial charge in [0.15, 0.2) is 12.6 Å². The quantitative estimate of drug-likeness (QED) is 0.0607. The van der Waals surface area contributed by atoms with E-state index in [1.165, 1.54) is 7.11 Å². The normalized spacial score (nSPS) is 19.2. The van der Waals surface area contributed by atoms with Crippen LogP contribution in [-0.2, 0) is 23.7 Å². The molecule has 294 valence electrons. The predicted molar refractivity (Wildman–Crippen MR) is 214 cm³/mol. The zero-order chi connectivity index (χ0) is 39.4. The molecule has 0 radical (unpaired) electrons. The van der Waals surface area contributed by atoms with Crippen LogP contribution in [0.1, 0.15) is 60.4 Å². The zero-order valence-electron chi connectivity index (χ0n) is 33.6. The highest BCUT2D eigenvalue weighted by Crippen LogP contribution is 2.35. The smallest absolute Gasteiger partial charge is 0.342 e. The third-order valence-electron chi connectivity index (χ3n) is 8.68. The molecule has 1 aliphatic rings. The molecule has 3 unspecified atom stereocenters. The third kappa shape index (κ3) is 15.2. The molecule has 0 saturated carbocycles. The lowest BCUT2D eigenvalue weighted by atomic mass is 9.99. The molecule has 1 aliphatic heterocycles. The van der Waals surface area contributed by atoms with E-state index in [0.717, 1.165) is 12.1 Å². The van der Waals surface area contributed by atoms with Gasteiger partial charge in [-0.25, -0.2) is 9.59 Å². The summed E-state index contributed by atoms with van der Waals surface area (Å²) in [5, 5.41) is 10.2. The molecule has 0 bridgehead atoms. The third-order valence-corrected chi connectivity index (χ3v) is 12.1. The molecule has 0 spiro atoms. The molecule has 3 rings (SSSR count). The second kappa shape index (κ2) is 19.9. The van der Waals surface area contributed by atoms with Crippen LogP contribution in [0, 0.1) is 5.92 Å². The maximum Gasteiger partial charge on any atom is 0.342 e. The average Bonchev–Trinajstić information content (AvgIpc) is 3.37. The van der Waals surface area contributed by atoms with Crippen LogP contribution in [-0.4, -0.2) is 90.5 Å². The molecular formula is C41H62O10Si2. The largest absolute Gasteiger partial charge is 0.494 e. The van der Waals surface area contributed by atoms with Crippen LogP contribution >= 0.6 is 0 Å². The van der Waals surface area contributed by atoms with Crippen LogP contribution in [0.4, 0.5) is 0 Å². The number of carbonyl (C=O) groups is 2. The fraction of sp³-hybridized carbons (Fsp3) is 0.561. The lowest BCUT2D eigenvalue weighted by Gasteiger charge is -2.25. The van der Waals surface area contributed by atoms with Gasteiger partial charge >= 0.3 is 11.9 Å². The van der Waals surface area contributed by atoms with Crippen LogP contribution in [0.2, 0.25) is 51.4 Å². The van der Waals surface area contributed by atoms with Gasteiger partial charge in [0.1, 0.15) is 29.3 Å². The van der Waals surface area contributed by atoms with Crippen molar-refractivity contribution in [1.82, 2.24) is 0 Å². The summed E-state index contributed by atoms with van der Waals surface area (Å²) in [7, 11) is -1.30. The molecule has 1 N–H and O–H groups in total. The van der Waals surface area contributed by atoms with Gasteiger partial charge in [0.05, 0.1) is 31.0 Å². The minimum atomic E-state index is -1.46. The first-order valence-electron chi connectivity index (χ1n) is 18.5. The first-order chi connectivity index (χ1) is 24.8. The molecule has 1 fully saturated rings. The fourth-order valence-corrected chi connectivity index (χ4v) is 6.79. The summed E-state index contributed by atoms with van der Waals surface area (Å²) in [4.78, 5) is 27.0. The van der Waals surface area contributed by atoms with Crippen LogP contribution in [0.15, 0.2) is 60.7 Å². The van der Waals surface area contributed by atoms with Gasteiger partial charge in [0.2, 0.25) is 0 Å². The van der Waals surface area contributed by atoms with Gasteiger partial charge in [-0.3, -0.25) is 0 Å². The van der Waals surface area contributed by atoms with E-state index in [4.69, 9.17) is 33.2 Å². The molecule has 0 aliphatic carbocycles. The Bertz CT molecular complexity index is 1530. The molecule has 53 heavy (non-hydrogen) atoms. The minimum Gasteiger partial charge on any atom is -0.494 e. The van der Waals surface area contributed by atoms with Crippen molar-refractivity contribution in [3.05, 3.63) is 77.4 Å². The number of hydrogen-bond donors (Lipinski definition) is 1. The number of aliphatic hydroxyl groups excluding tert-OH is 1. The van der Waals surface area contributed by atoms with Crippen molar-refractivity contribution in [3.63, 3.8) is 0 Å². The van der Waals surface area contributed by atoms with E-state index in [0.29, 0.717) is 42.3 Å². The standard InChI is InChI=1S/C41H62O10Si2/c1-29(30(2)42)20-21-34(49-39(43)31-16-13-12-14-17-31)38-35(50-41(3,4)51-38)19-15-18-32-26-33(46-22-24-52(6,7)8)27-36(48-28-45-5)37(32)40(44)47-23-25-53(9,10)11/h12-18,20-21,26-27,29-30,34-35,38,42H,19,22-25,28H2,1-11H3/t29-,30+,34?,35?,38?/m1/s1. The van der Waals surface area contributed by atoms with E-state index in [9.17, 15) is 14.7 Å². The Morgan fingerprint density at radius 3 is 2.19 bits per heavy atom. The highest BCUT2D eigenvalue weighted by Gasteiger charge is 2.45. The van der Waals surface area contributed by atoms with Crippen molar-refractivity contribution in [2.24, 2.45) is 5.92 Å². The van der Waals surface area contributed by atoms with Crippen molar-refractivity contribution in [1.29, 1.82) is 0 Å². The van der Waals surface area contributed by atoms with Gasteiger partial charge in [-0.1, -0.05) is 82.6 Å². The van der Waals surface area contributed by atoms with E-state index in [1.807, 2.05) is 51.1 Å². The van der Waals surface area contributed by atoms with E-state index in [-0.39, 0.29) is 18.3 Å². The first kappa shape index (κ1) is 44.1. The number of benzene rings is 2. The summed E-state index contributed by atoms with van der Waals surface area (Å²) in [5.41, 5.74) is 1.25. The number of hydrogen-bond acceptors (Lipinski definition) is 10. The molecule has 0 amide bonds. The van der Waals surface area contributed by atoms with Gasteiger partial charge in [0, 0.05) is 29.3 Å². The zero-order valence-corrected chi connectivity index (χ0v) is 35.6. The molecule has 5 atom stereocenters. The fourth-order valence-electron chi connectivity index (χ4n) is 5.36. The lowest BCUT2D eigenvalue weighted by molar-refractivity contribution is -0.152. The molecule has 0 aromatic heterocycles. The summed E-state index contributed by atoms with van der Waals surface area (Å²) < 4.78 is 42.0. The van der Waals surface area contributed by atoms with E-state index < -0.39 is 58.3 Å². The molecule has 10 nitrogen and oxygen atoms in total. The number of ether oxygens (including phenoxy) is 7. The van der Waals surface area contributed by atoms with Crippen molar-refractivity contribution in [3.8, 4) is 11.5 Å². The second-order valence-corrected chi connectivity index (χ2v) is 27.8. The predicted octanol–water partition coefficient (Wildman–Crippen LogP) is 8.60. The van der Waals surface area contributed by atoms with Gasteiger partial charge in [-0.05, 0) is 75.0 Å². The Kier molecular flexibility index (Phi) is 16.6. The Balaban J connectivity index is 1.99. The maximum atomic E-state index is 13.7. The van der Waals surface area contributed by atoms with Gasteiger partial charge in [-0.15, -0.1) is 0 Å². The Hall–Kier alpha value is -3.27. The molecule has 2 aromatic rings. The van der Waals surface area contributed by atoms with Crippen molar-refractivity contribution in [2.75, 3.05) is 27.1 Å². The SMILES string of the molecule is COCOc1cc(OCC[Si](C)(C)C)cc(C=CCC2OC(C)(C)OC2C(C=C[C@@H](C)[C@H](C)O)OC(=O)c2ccccc2)c1C(=O)OCC[Si](C)(C)C. The highest BCUT2D eigenvalue weighted by molar-refractivity contribution is 6.76. The van der Waals surface area contributed by atoms with Gasteiger partial charge < -0.3 is 38.3 Å². The molecule has 1 saturated heterocycles. The number of esters is 2. The first-order valence-corrected chi connectivity index (χ1v) is 25.9. The highest BCUT2D eigenvalue weighted by atomic mass is 28.3. The Labute approximate surface area is 318 Å². The molecule has 1 heterocycles. The van der Waals surface area contributed by atoms with Crippen LogP contribution < -0.4 is 9.47 Å². The summed E-state index contributed by atoms with van der Waals surface area (Å²) in [6.07, 6.45) is 5.05. The monoisotopic (exact) mass is 770 g/mol. The van der Waals surface area contributed by atoms with Crippen molar-refractivity contribution >= 4 is 34.2 Å². The van der Waals surface area contributed by atoms with Crippen molar-refractivity contribution in [2.45, 2.75) is 116 Å². The summed E-state index contributed by atoms with van der Waals surface area (Å²) >= 11 is 0. The molecular weight excluding hydrogens is 709 g/mol. The minimum absolute atomic E-state index is 0.0645. The number of rotatable bonds is 20. The second-order valence-electron chi connectivity index (χ2n) is 16.5. The lowest BCUT2D eigenvalue weighted by Crippen LogP contribution is -2.37. The van der Waals surface area contributed by atoms with Crippen LogP contribution in [0.5, 0.6) is 11.5 Å². The van der Waals surface area contributed by atoms with Gasteiger partial charge in [-0.2, -0.15) is 0 Å². The van der Waals surface area contributed by atoms with E-state index in [1.54, 1.807) is 43.3 Å². The van der Waals surface area contributed by atoms with Crippen molar-refractivity contribution < 1.29 is 47.9 Å².